The number of benzene rings is 1. The van der Waals surface area contributed by atoms with Crippen LogP contribution in [-0.2, 0) is 4.79 Å². The Balaban J connectivity index is 2.73. The van der Waals surface area contributed by atoms with Crippen LogP contribution in [-0.4, -0.2) is 22.6 Å². The van der Waals surface area contributed by atoms with Gasteiger partial charge < -0.3 is 20.0 Å². The second-order valence-electron chi connectivity index (χ2n) is 4.77. The number of imidazole rings is 1. The molecule has 0 aliphatic rings. The number of hydrogen-bond donors (Lipinski definition) is 2. The number of nitrogens with one attached hydrogen (secondary N) is 1. The molecule has 1 amide bonds. The van der Waals surface area contributed by atoms with E-state index in [0.717, 1.165) is 11.0 Å². The molecule has 5 nitrogen and oxygen atoms in total. The fourth-order valence-corrected chi connectivity index (χ4v) is 2.58. The lowest BCUT2D eigenvalue weighted by Crippen LogP contribution is -2.30. The van der Waals surface area contributed by atoms with Crippen LogP contribution in [0, 0.1) is 10.7 Å². The summed E-state index contributed by atoms with van der Waals surface area (Å²) in [5, 5.41) is 0. The number of ether oxygens (including phenoxy) is 1. The van der Waals surface area contributed by atoms with Gasteiger partial charge in [-0.1, -0.05) is 13.8 Å². The molecule has 0 aliphatic heterocycles. The molecule has 0 spiro atoms. The first kappa shape index (κ1) is 13.6. The molecular weight excluding hydrogens is 262 g/mol. The highest BCUT2D eigenvalue weighted by Gasteiger charge is 2.24. The third kappa shape index (κ3) is 2.35. The number of nitrogens with two attached hydrogens (primary N) is 1. The first-order valence-corrected chi connectivity index (χ1v) is 6.44. The number of carbonyl (C=O) groups excluding carboxylic acids is 1. The number of carbonyl (C=O) groups is 1. The molecule has 2 aromatic rings. The standard InChI is InChI=1S/C13H17N3O2S/c1-7(2)11(12(14)17)16-10-6-8(18-3)4-5-9(10)15-13(16)19/h4-7,11H,1-3H3,(H2,14,17)(H,15,19). The van der Waals surface area contributed by atoms with Crippen LogP contribution in [0.4, 0.5) is 0 Å². The SMILES string of the molecule is COc1ccc2[nH]c(=S)n(C(C(N)=O)C(C)C)c2c1. The molecule has 0 fully saturated rings. The van der Waals surface area contributed by atoms with Crippen molar-refractivity contribution in [1.82, 2.24) is 9.55 Å². The largest absolute Gasteiger partial charge is 0.497 e. The lowest BCUT2D eigenvalue weighted by Gasteiger charge is -2.20. The van der Waals surface area contributed by atoms with Crippen molar-refractivity contribution >= 4 is 29.2 Å². The van der Waals surface area contributed by atoms with Gasteiger partial charge in [-0.15, -0.1) is 0 Å². The molecule has 0 bridgehead atoms. The van der Waals surface area contributed by atoms with Crippen molar-refractivity contribution in [3.8, 4) is 5.75 Å². The zero-order chi connectivity index (χ0) is 14.2. The average Bonchev–Trinajstić information content (AvgIpc) is 2.65. The number of rotatable bonds is 4. The maximum Gasteiger partial charge on any atom is 0.240 e. The van der Waals surface area contributed by atoms with Gasteiger partial charge in [0, 0.05) is 6.07 Å². The summed E-state index contributed by atoms with van der Waals surface area (Å²) in [6.45, 7) is 3.88. The molecule has 1 heterocycles. The maximum absolute atomic E-state index is 11.7. The van der Waals surface area contributed by atoms with Crippen molar-refractivity contribution in [1.29, 1.82) is 0 Å². The third-order valence-electron chi connectivity index (χ3n) is 3.13. The number of aromatic amines is 1. The molecule has 1 unspecified atom stereocenters. The van der Waals surface area contributed by atoms with Gasteiger partial charge in [0.2, 0.25) is 5.91 Å². The lowest BCUT2D eigenvalue weighted by molar-refractivity contribution is -0.122. The van der Waals surface area contributed by atoms with Gasteiger partial charge in [0.05, 0.1) is 18.1 Å². The predicted molar refractivity (Wildman–Crippen MR) is 76.7 cm³/mol. The molecule has 2 rings (SSSR count). The Bertz CT molecular complexity index is 672. The smallest absolute Gasteiger partial charge is 0.240 e. The van der Waals surface area contributed by atoms with Crippen LogP contribution < -0.4 is 10.5 Å². The van der Waals surface area contributed by atoms with Crippen molar-refractivity contribution in [3.63, 3.8) is 0 Å². The van der Waals surface area contributed by atoms with Gasteiger partial charge in [-0.3, -0.25) is 4.79 Å². The Hall–Kier alpha value is -1.82. The van der Waals surface area contributed by atoms with E-state index in [2.05, 4.69) is 4.98 Å². The highest BCUT2D eigenvalue weighted by atomic mass is 32.1. The van der Waals surface area contributed by atoms with E-state index in [0.29, 0.717) is 10.5 Å². The van der Waals surface area contributed by atoms with Crippen molar-refractivity contribution in [2.45, 2.75) is 19.9 Å². The first-order valence-electron chi connectivity index (χ1n) is 6.03. The average molecular weight is 279 g/mol. The summed E-state index contributed by atoms with van der Waals surface area (Å²) < 4.78 is 7.46. The fourth-order valence-electron chi connectivity index (χ4n) is 2.26. The first-order chi connectivity index (χ1) is 8.95. The Morgan fingerprint density at radius 1 is 1.47 bits per heavy atom. The second-order valence-corrected chi connectivity index (χ2v) is 5.16. The van der Waals surface area contributed by atoms with Crippen LogP contribution in [0.2, 0.25) is 0 Å². The van der Waals surface area contributed by atoms with E-state index < -0.39 is 11.9 Å². The van der Waals surface area contributed by atoms with Crippen LogP contribution in [0.15, 0.2) is 18.2 Å². The van der Waals surface area contributed by atoms with E-state index in [9.17, 15) is 4.79 Å². The molecule has 1 aromatic carbocycles. The van der Waals surface area contributed by atoms with Crippen molar-refractivity contribution < 1.29 is 9.53 Å². The van der Waals surface area contributed by atoms with Crippen LogP contribution in [0.5, 0.6) is 5.75 Å². The Morgan fingerprint density at radius 2 is 2.16 bits per heavy atom. The van der Waals surface area contributed by atoms with Crippen LogP contribution in [0.25, 0.3) is 11.0 Å². The summed E-state index contributed by atoms with van der Waals surface area (Å²) in [4.78, 5) is 14.8. The summed E-state index contributed by atoms with van der Waals surface area (Å²) in [6, 6.07) is 5.08. The molecule has 0 saturated carbocycles. The van der Waals surface area contributed by atoms with Gasteiger partial charge in [0.15, 0.2) is 4.77 Å². The number of methoxy groups -OCH3 is 1. The van der Waals surface area contributed by atoms with Crippen LogP contribution >= 0.6 is 12.2 Å². The molecule has 0 aliphatic carbocycles. The lowest BCUT2D eigenvalue weighted by atomic mass is 10.0. The Labute approximate surface area is 116 Å². The van der Waals surface area contributed by atoms with Gasteiger partial charge in [-0.05, 0) is 30.3 Å². The summed E-state index contributed by atoms with van der Waals surface area (Å²) in [5.74, 6) is 0.367. The topological polar surface area (TPSA) is 73.0 Å². The highest BCUT2D eigenvalue weighted by Crippen LogP contribution is 2.27. The van der Waals surface area contributed by atoms with Crippen molar-refractivity contribution in [2.24, 2.45) is 11.7 Å². The number of H-pyrrole nitrogens is 1. The van der Waals surface area contributed by atoms with Crippen molar-refractivity contribution in [3.05, 3.63) is 23.0 Å². The third-order valence-corrected chi connectivity index (χ3v) is 3.42. The number of fused-ring (bicyclic) bond motifs is 1. The number of hydrogen-bond acceptors (Lipinski definition) is 3. The molecular formula is C13H17N3O2S. The zero-order valence-corrected chi connectivity index (χ0v) is 12.0. The Morgan fingerprint density at radius 3 is 2.68 bits per heavy atom. The van der Waals surface area contributed by atoms with E-state index >= 15 is 0 Å². The number of nitrogens with zero attached hydrogens (tertiary/aromatic N) is 1. The molecule has 3 N–H and O–H groups in total. The van der Waals surface area contributed by atoms with Crippen LogP contribution in [0.3, 0.4) is 0 Å². The van der Waals surface area contributed by atoms with E-state index in [1.807, 2.05) is 32.0 Å². The number of primary amides is 1. The highest BCUT2D eigenvalue weighted by molar-refractivity contribution is 7.71. The molecule has 1 aromatic heterocycles. The van der Waals surface area contributed by atoms with E-state index in [1.54, 1.807) is 11.7 Å². The van der Waals surface area contributed by atoms with Gasteiger partial charge in [-0.25, -0.2) is 0 Å². The minimum absolute atomic E-state index is 0.0504. The quantitative estimate of drug-likeness (QED) is 0.844. The van der Waals surface area contributed by atoms with E-state index in [1.165, 1.54) is 0 Å². The predicted octanol–water partition coefficient (Wildman–Crippen LogP) is 2.39. The van der Waals surface area contributed by atoms with Crippen molar-refractivity contribution in [2.75, 3.05) is 7.11 Å². The summed E-state index contributed by atoms with van der Waals surface area (Å²) >= 11 is 5.31. The molecule has 102 valence electrons. The minimum Gasteiger partial charge on any atom is -0.497 e. The molecule has 6 heteroatoms. The summed E-state index contributed by atoms with van der Waals surface area (Å²) in [5.41, 5.74) is 7.19. The van der Waals surface area contributed by atoms with Gasteiger partial charge >= 0.3 is 0 Å². The molecule has 0 radical (unpaired) electrons. The number of amides is 1. The van der Waals surface area contributed by atoms with Gasteiger partial charge in [-0.2, -0.15) is 0 Å². The zero-order valence-electron chi connectivity index (χ0n) is 11.1. The minimum atomic E-state index is -0.478. The molecule has 0 saturated heterocycles. The normalized spacial score (nSPS) is 12.8. The Kier molecular flexibility index (Phi) is 3.61. The maximum atomic E-state index is 11.7. The fraction of sp³-hybridized carbons (Fsp3) is 0.385. The number of aromatic nitrogens is 2. The van der Waals surface area contributed by atoms with Gasteiger partial charge in [0.1, 0.15) is 11.8 Å². The van der Waals surface area contributed by atoms with Gasteiger partial charge in [0.25, 0.3) is 0 Å². The van der Waals surface area contributed by atoms with E-state index in [-0.39, 0.29) is 5.92 Å². The molecule has 1 atom stereocenters. The van der Waals surface area contributed by atoms with E-state index in [4.69, 9.17) is 22.7 Å². The monoisotopic (exact) mass is 279 g/mol. The summed E-state index contributed by atoms with van der Waals surface area (Å²) in [7, 11) is 1.60. The second kappa shape index (κ2) is 5.05. The summed E-state index contributed by atoms with van der Waals surface area (Å²) in [6.07, 6.45) is 0. The van der Waals surface area contributed by atoms with Crippen LogP contribution in [0.1, 0.15) is 19.9 Å². The molecule has 19 heavy (non-hydrogen) atoms.